The van der Waals surface area contributed by atoms with E-state index in [1.54, 1.807) is 6.20 Å². The lowest BCUT2D eigenvalue weighted by Crippen LogP contribution is -2.33. The standard InChI is InChI=1S/C22H30N6O/c1-14(2)29-19-10-8-18(9-11-19)26-22-15(3)21(27-20-12-13-24-28(20)22)25-17-6-4-16(23)5-7-17/h8-14,16-17,26H,4-7,23H2,1-3H3,(H,25,27). The van der Waals surface area contributed by atoms with Gasteiger partial charge in [-0.3, -0.25) is 0 Å². The fourth-order valence-corrected chi connectivity index (χ4v) is 3.79. The average Bonchev–Trinajstić information content (AvgIpc) is 3.16. The van der Waals surface area contributed by atoms with Crippen LogP contribution >= 0.6 is 0 Å². The van der Waals surface area contributed by atoms with Gasteiger partial charge >= 0.3 is 0 Å². The Hall–Kier alpha value is -2.80. The van der Waals surface area contributed by atoms with Crippen LogP contribution in [0.4, 0.5) is 17.3 Å². The van der Waals surface area contributed by atoms with Crippen LogP contribution in [0.1, 0.15) is 45.1 Å². The smallest absolute Gasteiger partial charge is 0.159 e. The van der Waals surface area contributed by atoms with Crippen LogP contribution in [0.15, 0.2) is 36.5 Å². The van der Waals surface area contributed by atoms with E-state index in [1.807, 2.05) is 48.7 Å². The van der Waals surface area contributed by atoms with E-state index < -0.39 is 0 Å². The third-order valence-corrected chi connectivity index (χ3v) is 5.37. The zero-order chi connectivity index (χ0) is 20.4. The molecule has 0 saturated heterocycles. The number of nitrogens with zero attached hydrogens (tertiary/aromatic N) is 3. The Morgan fingerprint density at radius 1 is 1.10 bits per heavy atom. The summed E-state index contributed by atoms with van der Waals surface area (Å²) in [6.45, 7) is 6.12. The van der Waals surface area contributed by atoms with Crippen molar-refractivity contribution in [2.75, 3.05) is 10.6 Å². The van der Waals surface area contributed by atoms with Crippen molar-refractivity contribution >= 4 is 23.0 Å². The maximum atomic E-state index is 6.05. The molecule has 4 rings (SSSR count). The molecule has 7 heteroatoms. The Morgan fingerprint density at radius 2 is 1.83 bits per heavy atom. The van der Waals surface area contributed by atoms with Gasteiger partial charge in [-0.1, -0.05) is 0 Å². The van der Waals surface area contributed by atoms with Gasteiger partial charge in [0.1, 0.15) is 17.4 Å². The molecule has 0 atom stereocenters. The number of nitrogens with one attached hydrogen (secondary N) is 2. The highest BCUT2D eigenvalue weighted by Crippen LogP contribution is 2.29. The molecule has 7 nitrogen and oxygen atoms in total. The maximum Gasteiger partial charge on any atom is 0.159 e. The molecule has 1 aliphatic carbocycles. The molecule has 4 N–H and O–H groups in total. The van der Waals surface area contributed by atoms with Gasteiger partial charge in [-0.15, -0.1) is 0 Å². The number of anilines is 3. The number of hydrogen-bond acceptors (Lipinski definition) is 6. The van der Waals surface area contributed by atoms with E-state index in [4.69, 9.17) is 15.5 Å². The molecule has 2 heterocycles. The highest BCUT2D eigenvalue weighted by molar-refractivity contribution is 5.69. The number of benzene rings is 1. The minimum absolute atomic E-state index is 0.155. The van der Waals surface area contributed by atoms with Gasteiger partial charge < -0.3 is 21.1 Å². The van der Waals surface area contributed by atoms with Crippen LogP contribution in [-0.2, 0) is 0 Å². The van der Waals surface area contributed by atoms with Crippen molar-refractivity contribution < 1.29 is 4.74 Å². The average molecular weight is 395 g/mol. The number of fused-ring (bicyclic) bond motifs is 1. The monoisotopic (exact) mass is 394 g/mol. The molecule has 1 aliphatic rings. The molecule has 154 valence electrons. The lowest BCUT2D eigenvalue weighted by atomic mass is 9.92. The molecular weight excluding hydrogens is 364 g/mol. The zero-order valence-corrected chi connectivity index (χ0v) is 17.4. The summed E-state index contributed by atoms with van der Waals surface area (Å²) in [5.74, 6) is 2.67. The molecular formula is C22H30N6O. The summed E-state index contributed by atoms with van der Waals surface area (Å²) in [5, 5.41) is 11.6. The molecule has 1 saturated carbocycles. The lowest BCUT2D eigenvalue weighted by Gasteiger charge is -2.28. The number of rotatable bonds is 6. The molecule has 3 aromatic rings. The van der Waals surface area contributed by atoms with Crippen LogP contribution in [-0.4, -0.2) is 32.8 Å². The fourth-order valence-electron chi connectivity index (χ4n) is 3.79. The van der Waals surface area contributed by atoms with E-state index in [-0.39, 0.29) is 6.10 Å². The Morgan fingerprint density at radius 3 is 2.52 bits per heavy atom. The summed E-state index contributed by atoms with van der Waals surface area (Å²) in [7, 11) is 0. The van der Waals surface area contributed by atoms with E-state index >= 15 is 0 Å². The second-order valence-electron chi connectivity index (χ2n) is 8.11. The van der Waals surface area contributed by atoms with Crippen molar-refractivity contribution in [2.45, 2.75) is 64.6 Å². The number of nitrogens with two attached hydrogens (primary N) is 1. The van der Waals surface area contributed by atoms with Gasteiger partial charge in [0, 0.05) is 29.4 Å². The minimum atomic E-state index is 0.155. The number of aromatic nitrogens is 3. The summed E-state index contributed by atoms with van der Waals surface area (Å²) in [6.07, 6.45) is 6.20. The molecule has 0 radical (unpaired) electrons. The molecule has 1 aromatic carbocycles. The van der Waals surface area contributed by atoms with Crippen molar-refractivity contribution in [3.63, 3.8) is 0 Å². The summed E-state index contributed by atoms with van der Waals surface area (Å²) in [6, 6.07) is 10.6. The Labute approximate surface area is 171 Å². The highest BCUT2D eigenvalue weighted by Gasteiger charge is 2.21. The first-order valence-corrected chi connectivity index (χ1v) is 10.4. The Bertz CT molecular complexity index is 957. The summed E-state index contributed by atoms with van der Waals surface area (Å²) in [5.41, 5.74) is 8.88. The van der Waals surface area contributed by atoms with Gasteiger partial charge in [0.15, 0.2) is 5.65 Å². The molecule has 0 unspecified atom stereocenters. The van der Waals surface area contributed by atoms with Crippen LogP contribution in [0.5, 0.6) is 5.75 Å². The summed E-state index contributed by atoms with van der Waals surface area (Å²) >= 11 is 0. The topological polar surface area (TPSA) is 89.5 Å². The second kappa shape index (κ2) is 8.29. The second-order valence-corrected chi connectivity index (χ2v) is 8.11. The van der Waals surface area contributed by atoms with Crippen LogP contribution in [0.2, 0.25) is 0 Å². The first-order valence-electron chi connectivity index (χ1n) is 10.4. The van der Waals surface area contributed by atoms with Gasteiger partial charge in [0.05, 0.1) is 12.3 Å². The first-order chi connectivity index (χ1) is 14.0. The summed E-state index contributed by atoms with van der Waals surface area (Å²) < 4.78 is 7.58. The van der Waals surface area contributed by atoms with E-state index in [1.165, 1.54) is 0 Å². The first kappa shape index (κ1) is 19.5. The predicted octanol–water partition coefficient (Wildman–Crippen LogP) is 4.25. The van der Waals surface area contributed by atoms with Crippen molar-refractivity contribution in [1.29, 1.82) is 0 Å². The van der Waals surface area contributed by atoms with Gasteiger partial charge in [0.25, 0.3) is 0 Å². The van der Waals surface area contributed by atoms with Gasteiger partial charge in [-0.2, -0.15) is 9.61 Å². The number of ether oxygens (including phenoxy) is 1. The van der Waals surface area contributed by atoms with E-state index in [0.717, 1.165) is 60.0 Å². The van der Waals surface area contributed by atoms with Crippen molar-refractivity contribution in [3.8, 4) is 5.75 Å². The van der Waals surface area contributed by atoms with E-state index in [2.05, 4.69) is 22.7 Å². The van der Waals surface area contributed by atoms with Crippen molar-refractivity contribution in [2.24, 2.45) is 5.73 Å². The lowest BCUT2D eigenvalue weighted by molar-refractivity contribution is 0.242. The third-order valence-electron chi connectivity index (χ3n) is 5.37. The Balaban J connectivity index is 1.59. The molecule has 29 heavy (non-hydrogen) atoms. The van der Waals surface area contributed by atoms with Crippen LogP contribution in [0.25, 0.3) is 5.65 Å². The van der Waals surface area contributed by atoms with E-state index in [0.29, 0.717) is 12.1 Å². The van der Waals surface area contributed by atoms with Gasteiger partial charge in [-0.05, 0) is 70.7 Å². The molecule has 0 aliphatic heterocycles. The zero-order valence-electron chi connectivity index (χ0n) is 17.4. The normalized spacial score (nSPS) is 19.5. The molecule has 1 fully saturated rings. The third kappa shape index (κ3) is 4.45. The van der Waals surface area contributed by atoms with E-state index in [9.17, 15) is 0 Å². The highest BCUT2D eigenvalue weighted by atomic mass is 16.5. The number of hydrogen-bond donors (Lipinski definition) is 3. The minimum Gasteiger partial charge on any atom is -0.491 e. The predicted molar refractivity (Wildman–Crippen MR) is 117 cm³/mol. The van der Waals surface area contributed by atoms with Crippen molar-refractivity contribution in [3.05, 3.63) is 42.1 Å². The molecule has 0 bridgehead atoms. The van der Waals surface area contributed by atoms with Crippen molar-refractivity contribution in [1.82, 2.24) is 14.6 Å². The molecule has 2 aromatic heterocycles. The van der Waals surface area contributed by atoms with Crippen LogP contribution < -0.4 is 21.1 Å². The fraction of sp³-hybridized carbons (Fsp3) is 0.455. The quantitative estimate of drug-likeness (QED) is 0.579. The van der Waals surface area contributed by atoms with Gasteiger partial charge in [0.2, 0.25) is 0 Å². The molecule has 0 amide bonds. The molecule has 0 spiro atoms. The largest absolute Gasteiger partial charge is 0.491 e. The Kier molecular flexibility index (Phi) is 5.58. The van der Waals surface area contributed by atoms with Crippen LogP contribution in [0.3, 0.4) is 0 Å². The summed E-state index contributed by atoms with van der Waals surface area (Å²) in [4.78, 5) is 4.80. The maximum absolute atomic E-state index is 6.05. The van der Waals surface area contributed by atoms with Crippen LogP contribution in [0, 0.1) is 6.92 Å². The SMILES string of the molecule is Cc1c(NC2CCC(N)CC2)nc2ccnn2c1Nc1ccc(OC(C)C)cc1. The van der Waals surface area contributed by atoms with Gasteiger partial charge in [-0.25, -0.2) is 4.98 Å².